The summed E-state index contributed by atoms with van der Waals surface area (Å²) in [5.41, 5.74) is 2.20. The summed E-state index contributed by atoms with van der Waals surface area (Å²) in [6.45, 7) is 4.16. The first kappa shape index (κ1) is 17.9. The molecule has 1 atom stereocenters. The molecule has 5 nitrogen and oxygen atoms in total. The standard InChI is InChI=1S/C18H19ClN2O3S/c1-12-6-7-16(13(2)10-12)25(23,24)21-9-8-20-18(22)17(21)14-4-3-5-15(19)11-14/h3-7,10-11,17H,8-9H2,1-2H3,(H,20,22). The zero-order valence-electron chi connectivity index (χ0n) is 14.0. The summed E-state index contributed by atoms with van der Waals surface area (Å²) in [5.74, 6) is -0.346. The van der Waals surface area contributed by atoms with Gasteiger partial charge in [0.15, 0.2) is 0 Å². The van der Waals surface area contributed by atoms with Crippen LogP contribution in [0.15, 0.2) is 47.4 Å². The SMILES string of the molecule is Cc1ccc(S(=O)(=O)N2CCNC(=O)C2c2cccc(Cl)c2)c(C)c1. The largest absolute Gasteiger partial charge is 0.353 e. The lowest BCUT2D eigenvalue weighted by Crippen LogP contribution is -2.52. The van der Waals surface area contributed by atoms with E-state index >= 15 is 0 Å². The molecular formula is C18H19ClN2O3S. The Morgan fingerprint density at radius 1 is 1.16 bits per heavy atom. The molecule has 1 fully saturated rings. The third-order valence-corrected chi connectivity index (χ3v) is 6.51. The fourth-order valence-electron chi connectivity index (χ4n) is 3.11. The van der Waals surface area contributed by atoms with Crippen LogP contribution in [0.4, 0.5) is 0 Å². The third-order valence-electron chi connectivity index (χ3n) is 4.25. The highest BCUT2D eigenvalue weighted by Crippen LogP contribution is 2.32. The number of hydrogen-bond donors (Lipinski definition) is 1. The van der Waals surface area contributed by atoms with Gasteiger partial charge in [-0.3, -0.25) is 4.79 Å². The second-order valence-corrected chi connectivity index (χ2v) is 8.43. The van der Waals surface area contributed by atoms with E-state index in [9.17, 15) is 13.2 Å². The molecule has 1 saturated heterocycles. The monoisotopic (exact) mass is 378 g/mol. The van der Waals surface area contributed by atoms with Gasteiger partial charge >= 0.3 is 0 Å². The Morgan fingerprint density at radius 3 is 2.60 bits per heavy atom. The van der Waals surface area contributed by atoms with Crippen molar-refractivity contribution in [1.29, 1.82) is 0 Å². The second-order valence-electron chi connectivity index (χ2n) is 6.13. The number of nitrogens with zero attached hydrogens (tertiary/aromatic N) is 1. The van der Waals surface area contributed by atoms with Crippen LogP contribution in [0, 0.1) is 13.8 Å². The van der Waals surface area contributed by atoms with Crippen LogP contribution in [0.2, 0.25) is 5.02 Å². The lowest BCUT2D eigenvalue weighted by atomic mass is 10.0. The number of nitrogens with one attached hydrogen (secondary N) is 1. The first-order valence-corrected chi connectivity index (χ1v) is 9.75. The molecule has 1 aliphatic heterocycles. The predicted molar refractivity (Wildman–Crippen MR) is 97.0 cm³/mol. The van der Waals surface area contributed by atoms with E-state index in [1.54, 1.807) is 43.3 Å². The van der Waals surface area contributed by atoms with Crippen LogP contribution in [0.5, 0.6) is 0 Å². The summed E-state index contributed by atoms with van der Waals surface area (Å²) >= 11 is 6.03. The molecule has 0 aliphatic carbocycles. The Balaban J connectivity index is 2.10. The smallest absolute Gasteiger partial charge is 0.244 e. The molecule has 1 aliphatic rings. The Labute approximate surface area is 152 Å². The van der Waals surface area contributed by atoms with Crippen LogP contribution in [-0.2, 0) is 14.8 Å². The summed E-state index contributed by atoms with van der Waals surface area (Å²) < 4.78 is 27.8. The minimum absolute atomic E-state index is 0.207. The normalized spacial score (nSPS) is 18.8. The summed E-state index contributed by atoms with van der Waals surface area (Å²) in [6, 6.07) is 11.0. The maximum atomic E-state index is 13.2. The molecule has 1 heterocycles. The number of carbonyl (C=O) groups is 1. The van der Waals surface area contributed by atoms with E-state index in [0.29, 0.717) is 16.1 Å². The first-order chi connectivity index (χ1) is 11.8. The van der Waals surface area contributed by atoms with Crippen molar-refractivity contribution in [3.63, 3.8) is 0 Å². The molecule has 0 bridgehead atoms. The highest BCUT2D eigenvalue weighted by molar-refractivity contribution is 7.89. The van der Waals surface area contributed by atoms with Gasteiger partial charge in [-0.2, -0.15) is 4.31 Å². The molecule has 0 spiro atoms. The van der Waals surface area contributed by atoms with Gasteiger partial charge in [0.2, 0.25) is 15.9 Å². The van der Waals surface area contributed by atoms with E-state index in [1.807, 2.05) is 13.0 Å². The van der Waals surface area contributed by atoms with Crippen LogP contribution in [0.3, 0.4) is 0 Å². The number of benzene rings is 2. The van der Waals surface area contributed by atoms with Crippen molar-refractivity contribution in [3.05, 3.63) is 64.2 Å². The van der Waals surface area contributed by atoms with E-state index in [4.69, 9.17) is 11.6 Å². The molecule has 1 amide bonds. The summed E-state index contributed by atoms with van der Waals surface area (Å²) in [7, 11) is -3.82. The zero-order chi connectivity index (χ0) is 18.2. The Bertz CT molecular complexity index is 928. The lowest BCUT2D eigenvalue weighted by molar-refractivity contribution is -0.126. The Morgan fingerprint density at radius 2 is 1.92 bits per heavy atom. The number of rotatable bonds is 3. The van der Waals surface area contributed by atoms with Crippen molar-refractivity contribution in [3.8, 4) is 0 Å². The van der Waals surface area contributed by atoms with Gasteiger partial charge in [-0.05, 0) is 43.2 Å². The van der Waals surface area contributed by atoms with E-state index in [2.05, 4.69) is 5.32 Å². The minimum Gasteiger partial charge on any atom is -0.353 e. The van der Waals surface area contributed by atoms with E-state index < -0.39 is 16.1 Å². The summed E-state index contributed by atoms with van der Waals surface area (Å²) in [4.78, 5) is 12.7. The van der Waals surface area contributed by atoms with Crippen molar-refractivity contribution in [2.75, 3.05) is 13.1 Å². The van der Waals surface area contributed by atoms with Crippen molar-refractivity contribution in [2.24, 2.45) is 0 Å². The fraction of sp³-hybridized carbons (Fsp3) is 0.278. The van der Waals surface area contributed by atoms with Crippen LogP contribution in [0.1, 0.15) is 22.7 Å². The maximum Gasteiger partial charge on any atom is 0.244 e. The molecule has 1 unspecified atom stereocenters. The van der Waals surface area contributed by atoms with Crippen molar-refractivity contribution < 1.29 is 13.2 Å². The number of halogens is 1. The van der Waals surface area contributed by atoms with E-state index in [1.165, 1.54) is 4.31 Å². The van der Waals surface area contributed by atoms with Gasteiger partial charge in [-0.15, -0.1) is 0 Å². The zero-order valence-corrected chi connectivity index (χ0v) is 15.6. The molecule has 1 N–H and O–H groups in total. The summed E-state index contributed by atoms with van der Waals surface area (Å²) in [5, 5.41) is 3.20. The van der Waals surface area contributed by atoms with Gasteiger partial charge in [-0.1, -0.05) is 41.4 Å². The van der Waals surface area contributed by atoms with Gasteiger partial charge in [-0.25, -0.2) is 8.42 Å². The molecule has 7 heteroatoms. The molecular weight excluding hydrogens is 360 g/mol. The minimum atomic E-state index is -3.82. The molecule has 0 aromatic heterocycles. The molecule has 2 aromatic rings. The molecule has 3 rings (SSSR count). The number of amides is 1. The average Bonchev–Trinajstić information content (AvgIpc) is 2.54. The van der Waals surface area contributed by atoms with Gasteiger partial charge < -0.3 is 5.32 Å². The van der Waals surface area contributed by atoms with Crippen LogP contribution >= 0.6 is 11.6 Å². The van der Waals surface area contributed by atoms with Crippen molar-refractivity contribution in [2.45, 2.75) is 24.8 Å². The van der Waals surface area contributed by atoms with Crippen LogP contribution in [0.25, 0.3) is 0 Å². The number of sulfonamides is 1. The van der Waals surface area contributed by atoms with Gasteiger partial charge in [0, 0.05) is 18.1 Å². The molecule has 0 radical (unpaired) electrons. The molecule has 25 heavy (non-hydrogen) atoms. The molecule has 0 saturated carbocycles. The van der Waals surface area contributed by atoms with Gasteiger partial charge in [0.05, 0.1) is 4.90 Å². The van der Waals surface area contributed by atoms with Crippen LogP contribution < -0.4 is 5.32 Å². The van der Waals surface area contributed by atoms with Gasteiger partial charge in [0.25, 0.3) is 0 Å². The van der Waals surface area contributed by atoms with Crippen molar-refractivity contribution in [1.82, 2.24) is 9.62 Å². The predicted octanol–water partition coefficient (Wildman–Crippen LogP) is 2.82. The number of hydrogen-bond acceptors (Lipinski definition) is 3. The fourth-order valence-corrected chi connectivity index (χ4v) is 5.10. The average molecular weight is 379 g/mol. The topological polar surface area (TPSA) is 66.5 Å². The lowest BCUT2D eigenvalue weighted by Gasteiger charge is -2.34. The highest BCUT2D eigenvalue weighted by atomic mass is 35.5. The van der Waals surface area contributed by atoms with Gasteiger partial charge in [0.1, 0.15) is 6.04 Å². The molecule has 2 aromatic carbocycles. The second kappa shape index (κ2) is 6.78. The van der Waals surface area contributed by atoms with Crippen LogP contribution in [-0.4, -0.2) is 31.7 Å². The third kappa shape index (κ3) is 3.42. The first-order valence-electron chi connectivity index (χ1n) is 7.93. The van der Waals surface area contributed by atoms with E-state index in [-0.39, 0.29) is 23.9 Å². The number of carbonyl (C=O) groups excluding carboxylic acids is 1. The maximum absolute atomic E-state index is 13.2. The molecule has 132 valence electrons. The van der Waals surface area contributed by atoms with E-state index in [0.717, 1.165) is 5.56 Å². The highest BCUT2D eigenvalue weighted by Gasteiger charge is 2.40. The Kier molecular flexibility index (Phi) is 4.86. The Hall–Kier alpha value is -1.89. The van der Waals surface area contributed by atoms with Crippen molar-refractivity contribution >= 4 is 27.5 Å². The number of piperazine rings is 1. The quantitative estimate of drug-likeness (QED) is 0.893. The summed E-state index contributed by atoms with van der Waals surface area (Å²) in [6.07, 6.45) is 0. The number of aryl methyl sites for hydroxylation is 2.